The van der Waals surface area contributed by atoms with Gasteiger partial charge in [-0.05, 0) is 38.0 Å². The Morgan fingerprint density at radius 1 is 1.40 bits per heavy atom. The maximum absolute atomic E-state index is 13.2. The standard InChI is InChI=1S/C19H20N4O4S3/c1-3-20-15-13(17(24)22-7-4-5-11(2)16(22)21-15)9-14-18(25)23(19(28)29-14)12-6-8-30(26,27)10-12/h4-5,7,9,12,20H,3,6,8,10H2,1-2H3. The number of rotatable bonds is 4. The smallest absolute Gasteiger partial charge is 0.267 e. The number of carbonyl (C=O) groups is 1. The minimum Gasteiger partial charge on any atom is -0.370 e. The van der Waals surface area contributed by atoms with E-state index in [0.29, 0.717) is 28.8 Å². The summed E-state index contributed by atoms with van der Waals surface area (Å²) in [5, 5.41) is 3.10. The van der Waals surface area contributed by atoms with Gasteiger partial charge < -0.3 is 5.32 Å². The molecular weight excluding hydrogens is 444 g/mol. The molecule has 2 aliphatic rings. The van der Waals surface area contributed by atoms with Gasteiger partial charge in [-0.2, -0.15) is 0 Å². The summed E-state index contributed by atoms with van der Waals surface area (Å²) in [7, 11) is -3.16. The highest BCUT2D eigenvalue weighted by molar-refractivity contribution is 8.26. The van der Waals surface area contributed by atoms with Crippen molar-refractivity contribution < 1.29 is 13.2 Å². The van der Waals surface area contributed by atoms with Crippen molar-refractivity contribution in [1.29, 1.82) is 0 Å². The second-order valence-electron chi connectivity index (χ2n) is 7.20. The number of sulfone groups is 1. The van der Waals surface area contributed by atoms with Crippen LogP contribution in [0.2, 0.25) is 0 Å². The van der Waals surface area contributed by atoms with Gasteiger partial charge in [-0.25, -0.2) is 13.4 Å². The van der Waals surface area contributed by atoms with E-state index in [-0.39, 0.29) is 33.4 Å². The highest BCUT2D eigenvalue weighted by Crippen LogP contribution is 2.36. The van der Waals surface area contributed by atoms with Gasteiger partial charge in [0.15, 0.2) is 9.84 Å². The molecule has 4 rings (SSSR count). The van der Waals surface area contributed by atoms with Gasteiger partial charge in [0, 0.05) is 12.7 Å². The second-order valence-corrected chi connectivity index (χ2v) is 11.1. The number of amides is 1. The number of nitrogens with zero attached hydrogens (tertiary/aromatic N) is 3. The maximum atomic E-state index is 13.2. The molecule has 0 saturated carbocycles. The Balaban J connectivity index is 1.79. The number of aromatic nitrogens is 2. The molecule has 2 aromatic rings. The molecule has 158 valence electrons. The molecule has 0 aliphatic carbocycles. The molecule has 1 amide bonds. The topological polar surface area (TPSA) is 101 Å². The molecule has 0 bridgehead atoms. The fourth-order valence-electron chi connectivity index (χ4n) is 3.65. The van der Waals surface area contributed by atoms with Gasteiger partial charge >= 0.3 is 0 Å². The minimum absolute atomic E-state index is 0.0492. The van der Waals surface area contributed by atoms with Crippen LogP contribution >= 0.6 is 24.0 Å². The van der Waals surface area contributed by atoms with Crippen LogP contribution in [0.5, 0.6) is 0 Å². The first kappa shape index (κ1) is 21.0. The van der Waals surface area contributed by atoms with Gasteiger partial charge in [0.05, 0.1) is 28.0 Å². The van der Waals surface area contributed by atoms with Crippen LogP contribution in [-0.2, 0) is 14.6 Å². The van der Waals surface area contributed by atoms with Crippen LogP contribution in [0, 0.1) is 6.92 Å². The SMILES string of the molecule is CCNc1nc2c(C)cccn2c(=O)c1C=C1SC(=S)N(C2CCS(=O)(=O)C2)C1=O. The predicted octanol–water partition coefficient (Wildman–Crippen LogP) is 1.82. The maximum Gasteiger partial charge on any atom is 0.267 e. The quantitative estimate of drug-likeness (QED) is 0.540. The normalized spacial score (nSPS) is 22.4. The lowest BCUT2D eigenvalue weighted by atomic mass is 10.2. The minimum atomic E-state index is -3.16. The van der Waals surface area contributed by atoms with Crippen molar-refractivity contribution in [3.8, 4) is 0 Å². The zero-order valence-corrected chi connectivity index (χ0v) is 18.9. The molecule has 30 heavy (non-hydrogen) atoms. The van der Waals surface area contributed by atoms with Crippen LogP contribution in [0.1, 0.15) is 24.5 Å². The Labute approximate surface area is 183 Å². The molecule has 2 saturated heterocycles. The van der Waals surface area contributed by atoms with Crippen LogP contribution in [0.15, 0.2) is 28.0 Å². The monoisotopic (exact) mass is 464 g/mol. The van der Waals surface area contributed by atoms with E-state index in [1.54, 1.807) is 12.3 Å². The summed E-state index contributed by atoms with van der Waals surface area (Å²) in [6.07, 6.45) is 3.51. The zero-order valence-electron chi connectivity index (χ0n) is 16.4. The van der Waals surface area contributed by atoms with Gasteiger partial charge in [0.25, 0.3) is 11.5 Å². The molecule has 8 nitrogen and oxygen atoms in total. The Morgan fingerprint density at radius 3 is 2.83 bits per heavy atom. The van der Waals surface area contributed by atoms with Gasteiger partial charge in [-0.3, -0.25) is 18.9 Å². The Kier molecular flexibility index (Phi) is 5.45. The molecule has 0 spiro atoms. The molecule has 2 aliphatic heterocycles. The van der Waals surface area contributed by atoms with E-state index in [0.717, 1.165) is 17.3 Å². The zero-order chi connectivity index (χ0) is 21.6. The van der Waals surface area contributed by atoms with E-state index in [1.807, 2.05) is 19.9 Å². The van der Waals surface area contributed by atoms with Crippen LogP contribution in [0.3, 0.4) is 0 Å². The van der Waals surface area contributed by atoms with E-state index >= 15 is 0 Å². The first-order valence-corrected chi connectivity index (χ1v) is 12.5. The first-order valence-electron chi connectivity index (χ1n) is 9.45. The third-order valence-electron chi connectivity index (χ3n) is 5.10. The van der Waals surface area contributed by atoms with Crippen LogP contribution < -0.4 is 10.9 Å². The molecule has 0 radical (unpaired) electrons. The van der Waals surface area contributed by atoms with E-state index in [9.17, 15) is 18.0 Å². The summed E-state index contributed by atoms with van der Waals surface area (Å²) >= 11 is 6.43. The first-order chi connectivity index (χ1) is 14.2. The van der Waals surface area contributed by atoms with Crippen molar-refractivity contribution in [2.45, 2.75) is 26.3 Å². The van der Waals surface area contributed by atoms with Crippen molar-refractivity contribution >= 4 is 61.6 Å². The molecule has 1 unspecified atom stereocenters. The summed E-state index contributed by atoms with van der Waals surface area (Å²) in [4.78, 5) is 32.4. The molecule has 2 aromatic heterocycles. The molecule has 2 fully saturated rings. The third kappa shape index (κ3) is 3.65. The number of hydrogen-bond acceptors (Lipinski definition) is 8. The highest BCUT2D eigenvalue weighted by atomic mass is 32.2. The van der Waals surface area contributed by atoms with Crippen molar-refractivity contribution in [3.05, 3.63) is 44.7 Å². The summed E-state index contributed by atoms with van der Waals surface area (Å²) in [6, 6.07) is 3.18. The number of aryl methyl sites for hydroxylation is 1. The van der Waals surface area contributed by atoms with E-state index in [2.05, 4.69) is 10.3 Å². The van der Waals surface area contributed by atoms with E-state index in [4.69, 9.17) is 12.2 Å². The summed E-state index contributed by atoms with van der Waals surface area (Å²) in [5.74, 6) is -0.0172. The Morgan fingerprint density at radius 2 is 2.17 bits per heavy atom. The lowest BCUT2D eigenvalue weighted by molar-refractivity contribution is -0.123. The average molecular weight is 465 g/mol. The summed E-state index contributed by atoms with van der Waals surface area (Å²) in [5.41, 5.74) is 1.36. The number of pyridine rings is 1. The molecule has 4 heterocycles. The molecular formula is C19H20N4O4S3. The van der Waals surface area contributed by atoms with Crippen LogP contribution in [0.25, 0.3) is 11.7 Å². The van der Waals surface area contributed by atoms with Crippen LogP contribution in [-0.4, -0.2) is 57.0 Å². The Hall–Kier alpha value is -2.24. The van der Waals surface area contributed by atoms with Crippen molar-refractivity contribution in [2.24, 2.45) is 0 Å². The lowest BCUT2D eigenvalue weighted by Crippen LogP contribution is -2.39. The average Bonchev–Trinajstić information content (AvgIpc) is 3.17. The van der Waals surface area contributed by atoms with Crippen molar-refractivity contribution in [3.63, 3.8) is 0 Å². The number of anilines is 1. The number of fused-ring (bicyclic) bond motifs is 1. The number of nitrogens with one attached hydrogen (secondary N) is 1. The number of hydrogen-bond donors (Lipinski definition) is 1. The number of carbonyl (C=O) groups excluding carboxylic acids is 1. The van der Waals surface area contributed by atoms with Crippen molar-refractivity contribution in [2.75, 3.05) is 23.4 Å². The highest BCUT2D eigenvalue weighted by Gasteiger charge is 2.42. The second kappa shape index (κ2) is 7.78. The van der Waals surface area contributed by atoms with E-state index < -0.39 is 15.9 Å². The lowest BCUT2D eigenvalue weighted by Gasteiger charge is -2.20. The molecule has 1 atom stereocenters. The van der Waals surface area contributed by atoms with Crippen LogP contribution in [0.4, 0.5) is 5.82 Å². The largest absolute Gasteiger partial charge is 0.370 e. The van der Waals surface area contributed by atoms with Gasteiger partial charge in [0.1, 0.15) is 15.8 Å². The number of thiocarbonyl (C=S) groups is 1. The molecule has 1 N–H and O–H groups in total. The molecule has 11 heteroatoms. The summed E-state index contributed by atoms with van der Waals surface area (Å²) in [6.45, 7) is 4.32. The van der Waals surface area contributed by atoms with Gasteiger partial charge in [0.2, 0.25) is 0 Å². The predicted molar refractivity (Wildman–Crippen MR) is 122 cm³/mol. The van der Waals surface area contributed by atoms with Gasteiger partial charge in [-0.1, -0.05) is 30.0 Å². The Bertz CT molecular complexity index is 1270. The summed E-state index contributed by atoms with van der Waals surface area (Å²) < 4.78 is 25.4. The van der Waals surface area contributed by atoms with Crippen molar-refractivity contribution in [1.82, 2.24) is 14.3 Å². The molecule has 0 aromatic carbocycles. The van der Waals surface area contributed by atoms with Gasteiger partial charge in [-0.15, -0.1) is 0 Å². The fraction of sp³-hybridized carbons (Fsp3) is 0.368. The third-order valence-corrected chi connectivity index (χ3v) is 8.18. The number of thioether (sulfide) groups is 1. The fourth-order valence-corrected chi connectivity index (χ4v) is 6.73. The van der Waals surface area contributed by atoms with E-state index in [1.165, 1.54) is 15.4 Å².